The highest BCUT2D eigenvalue weighted by Gasteiger charge is 2.26. The molecule has 1 unspecified atom stereocenters. The van der Waals surface area contributed by atoms with Crippen LogP contribution in [0.15, 0.2) is 77.6 Å². The molecule has 4 heteroatoms. The molecule has 3 nitrogen and oxygen atoms in total. The monoisotopic (exact) mass is 414 g/mol. The first kappa shape index (κ1) is 19.1. The molecule has 1 atom stereocenters. The largest absolute Gasteiger partial charge is 0.343 e. The standard InChI is InChI=1S/C26H26N2OS/c29-26(27-13-6-7-14-27)16-23(21-12-15-30-19-21)24-18-28(17-20-8-2-1-3-9-20)25-11-5-4-10-22(24)25/h1-5,8-12,15,18-19,23H,6-7,13-14,16-17H2. The van der Waals surface area contributed by atoms with E-state index in [1.807, 2.05) is 4.90 Å². The quantitative estimate of drug-likeness (QED) is 0.386. The molecule has 1 aliphatic heterocycles. The summed E-state index contributed by atoms with van der Waals surface area (Å²) in [7, 11) is 0. The molecule has 3 heterocycles. The van der Waals surface area contributed by atoms with Crippen molar-refractivity contribution in [1.82, 2.24) is 9.47 Å². The molecule has 0 saturated carbocycles. The van der Waals surface area contributed by atoms with Crippen LogP contribution in [-0.2, 0) is 11.3 Å². The fourth-order valence-corrected chi connectivity index (χ4v) is 5.33. The fraction of sp³-hybridized carbons (Fsp3) is 0.269. The topological polar surface area (TPSA) is 25.2 Å². The van der Waals surface area contributed by atoms with Gasteiger partial charge in [0.2, 0.25) is 5.91 Å². The zero-order valence-corrected chi connectivity index (χ0v) is 17.9. The van der Waals surface area contributed by atoms with Crippen LogP contribution in [0.5, 0.6) is 0 Å². The van der Waals surface area contributed by atoms with Crippen LogP contribution in [0, 0.1) is 0 Å². The first-order chi connectivity index (χ1) is 14.8. The molecule has 0 bridgehead atoms. The molecule has 1 fully saturated rings. The van der Waals surface area contributed by atoms with Crippen molar-refractivity contribution in [2.75, 3.05) is 13.1 Å². The molecule has 2 aromatic heterocycles. The predicted molar refractivity (Wildman–Crippen MR) is 124 cm³/mol. The number of fused-ring (bicyclic) bond motifs is 1. The second kappa shape index (κ2) is 8.49. The molecule has 5 rings (SSSR count). The molecule has 1 aliphatic rings. The SMILES string of the molecule is O=C(CC(c1ccsc1)c1cn(Cc2ccccc2)c2ccccc12)N1CCCC1. The number of carbonyl (C=O) groups excluding carboxylic acids is 1. The van der Waals surface area contributed by atoms with Crippen LogP contribution in [0.1, 0.15) is 41.9 Å². The van der Waals surface area contributed by atoms with Crippen LogP contribution in [0.4, 0.5) is 0 Å². The van der Waals surface area contributed by atoms with Crippen molar-refractivity contribution in [2.24, 2.45) is 0 Å². The van der Waals surface area contributed by atoms with Gasteiger partial charge in [-0.2, -0.15) is 11.3 Å². The Morgan fingerprint density at radius 3 is 2.50 bits per heavy atom. The van der Waals surface area contributed by atoms with Gasteiger partial charge in [-0.25, -0.2) is 0 Å². The van der Waals surface area contributed by atoms with Gasteiger partial charge in [-0.1, -0.05) is 48.5 Å². The van der Waals surface area contributed by atoms with Gasteiger partial charge in [-0.05, 0) is 52.4 Å². The number of nitrogens with zero attached hydrogens (tertiary/aromatic N) is 2. The number of amides is 1. The summed E-state index contributed by atoms with van der Waals surface area (Å²) in [4.78, 5) is 15.1. The van der Waals surface area contributed by atoms with Crippen LogP contribution in [0.25, 0.3) is 10.9 Å². The van der Waals surface area contributed by atoms with E-state index >= 15 is 0 Å². The van der Waals surface area contributed by atoms with Crippen LogP contribution in [-0.4, -0.2) is 28.5 Å². The number of benzene rings is 2. The van der Waals surface area contributed by atoms with Gasteiger partial charge in [0.05, 0.1) is 0 Å². The first-order valence-electron chi connectivity index (χ1n) is 10.7. The zero-order chi connectivity index (χ0) is 20.3. The molecule has 1 saturated heterocycles. The molecule has 4 aromatic rings. The Bertz CT molecular complexity index is 1120. The molecule has 0 N–H and O–H groups in total. The predicted octanol–water partition coefficient (Wildman–Crippen LogP) is 5.90. The highest BCUT2D eigenvalue weighted by atomic mass is 32.1. The molecule has 1 amide bonds. The number of para-hydroxylation sites is 1. The summed E-state index contributed by atoms with van der Waals surface area (Å²) >= 11 is 1.71. The lowest BCUT2D eigenvalue weighted by molar-refractivity contribution is -0.130. The van der Waals surface area contributed by atoms with Crippen molar-refractivity contribution in [2.45, 2.75) is 31.7 Å². The highest BCUT2D eigenvalue weighted by Crippen LogP contribution is 2.36. The van der Waals surface area contributed by atoms with Gasteiger partial charge in [-0.3, -0.25) is 4.79 Å². The fourth-order valence-electron chi connectivity index (χ4n) is 4.61. The number of hydrogen-bond donors (Lipinski definition) is 0. The molecule has 0 spiro atoms. The second-order valence-electron chi connectivity index (χ2n) is 8.12. The molecule has 30 heavy (non-hydrogen) atoms. The summed E-state index contributed by atoms with van der Waals surface area (Å²) in [6, 6.07) is 21.3. The van der Waals surface area contributed by atoms with Crippen molar-refractivity contribution in [3.05, 3.63) is 94.3 Å². The maximum atomic E-state index is 13.1. The maximum absolute atomic E-state index is 13.1. The minimum absolute atomic E-state index is 0.0891. The smallest absolute Gasteiger partial charge is 0.223 e. The summed E-state index contributed by atoms with van der Waals surface area (Å²) in [5, 5.41) is 5.57. The molecule has 0 aliphatic carbocycles. The number of carbonyl (C=O) groups is 1. The average Bonchev–Trinajstić information content (AvgIpc) is 3.55. The van der Waals surface area contributed by atoms with E-state index in [1.54, 1.807) is 11.3 Å². The van der Waals surface area contributed by atoms with Crippen molar-refractivity contribution >= 4 is 28.1 Å². The van der Waals surface area contributed by atoms with Gasteiger partial charge in [0, 0.05) is 49.1 Å². The van der Waals surface area contributed by atoms with E-state index in [-0.39, 0.29) is 11.8 Å². The molecule has 152 valence electrons. The van der Waals surface area contributed by atoms with Gasteiger partial charge < -0.3 is 9.47 Å². The lowest BCUT2D eigenvalue weighted by Gasteiger charge is -2.20. The van der Waals surface area contributed by atoms with Gasteiger partial charge in [0.15, 0.2) is 0 Å². The number of rotatable bonds is 6. The summed E-state index contributed by atoms with van der Waals surface area (Å²) in [5.41, 5.74) is 5.01. The number of thiophene rings is 1. The van der Waals surface area contributed by atoms with Gasteiger partial charge in [0.1, 0.15) is 0 Å². The summed E-state index contributed by atoms with van der Waals surface area (Å²) < 4.78 is 2.33. The Kier molecular flexibility index (Phi) is 5.41. The van der Waals surface area contributed by atoms with E-state index < -0.39 is 0 Å². The van der Waals surface area contributed by atoms with E-state index in [0.29, 0.717) is 6.42 Å². The van der Waals surface area contributed by atoms with Crippen molar-refractivity contribution < 1.29 is 4.79 Å². The van der Waals surface area contributed by atoms with Crippen LogP contribution in [0.2, 0.25) is 0 Å². The summed E-state index contributed by atoms with van der Waals surface area (Å²) in [6.07, 6.45) is 5.07. The van der Waals surface area contributed by atoms with Gasteiger partial charge >= 0.3 is 0 Å². The Balaban J connectivity index is 1.55. The summed E-state index contributed by atoms with van der Waals surface area (Å²) in [5.74, 6) is 0.370. The second-order valence-corrected chi connectivity index (χ2v) is 8.90. The lowest BCUT2D eigenvalue weighted by Crippen LogP contribution is -2.29. The Hall–Kier alpha value is -2.85. The third-order valence-electron chi connectivity index (χ3n) is 6.17. The third-order valence-corrected chi connectivity index (χ3v) is 6.88. The third kappa shape index (κ3) is 3.80. The van der Waals surface area contributed by atoms with Crippen LogP contribution >= 0.6 is 11.3 Å². The number of aromatic nitrogens is 1. The minimum Gasteiger partial charge on any atom is -0.343 e. The highest BCUT2D eigenvalue weighted by molar-refractivity contribution is 7.08. The molecule has 2 aromatic carbocycles. The van der Waals surface area contributed by atoms with Crippen LogP contribution < -0.4 is 0 Å². The van der Waals surface area contributed by atoms with E-state index in [4.69, 9.17) is 0 Å². The molecular formula is C26H26N2OS. The van der Waals surface area contributed by atoms with Crippen molar-refractivity contribution in [1.29, 1.82) is 0 Å². The van der Waals surface area contributed by atoms with Gasteiger partial charge in [-0.15, -0.1) is 0 Å². The Morgan fingerprint density at radius 1 is 0.967 bits per heavy atom. The Morgan fingerprint density at radius 2 is 1.73 bits per heavy atom. The van der Waals surface area contributed by atoms with E-state index in [0.717, 1.165) is 32.5 Å². The minimum atomic E-state index is 0.0891. The van der Waals surface area contributed by atoms with Crippen LogP contribution in [0.3, 0.4) is 0 Å². The maximum Gasteiger partial charge on any atom is 0.223 e. The average molecular weight is 415 g/mol. The van der Waals surface area contributed by atoms with Crippen molar-refractivity contribution in [3.63, 3.8) is 0 Å². The van der Waals surface area contributed by atoms with Gasteiger partial charge in [0.25, 0.3) is 0 Å². The molecular weight excluding hydrogens is 388 g/mol. The van der Waals surface area contributed by atoms with E-state index in [9.17, 15) is 4.79 Å². The first-order valence-corrected chi connectivity index (χ1v) is 11.7. The number of hydrogen-bond acceptors (Lipinski definition) is 2. The van der Waals surface area contributed by atoms with E-state index in [1.165, 1.54) is 27.6 Å². The van der Waals surface area contributed by atoms with Crippen molar-refractivity contribution in [3.8, 4) is 0 Å². The normalized spacial score (nSPS) is 15.0. The lowest BCUT2D eigenvalue weighted by atomic mass is 9.89. The van der Waals surface area contributed by atoms with E-state index in [2.05, 4.69) is 82.2 Å². The Labute approximate surface area is 181 Å². The molecule has 0 radical (unpaired) electrons. The number of likely N-dealkylation sites (tertiary alicyclic amines) is 1. The summed E-state index contributed by atoms with van der Waals surface area (Å²) in [6.45, 7) is 2.65. The zero-order valence-electron chi connectivity index (χ0n) is 17.0.